The zero-order chi connectivity index (χ0) is 25.1. The summed E-state index contributed by atoms with van der Waals surface area (Å²) in [5, 5.41) is 4.22. The van der Waals surface area contributed by atoms with Crippen LogP contribution in [0.2, 0.25) is 0 Å². The Bertz CT molecular complexity index is 1400. The van der Waals surface area contributed by atoms with Gasteiger partial charge in [0.05, 0.1) is 6.21 Å². The minimum Gasteiger partial charge on any atom is -0.318 e. The van der Waals surface area contributed by atoms with Crippen molar-refractivity contribution in [1.29, 1.82) is 0 Å². The summed E-state index contributed by atoms with van der Waals surface area (Å²) in [5.74, 6) is -0.216. The van der Waals surface area contributed by atoms with Crippen LogP contribution in [0.5, 0.6) is 0 Å². The van der Waals surface area contributed by atoms with Crippen LogP contribution in [0, 0.1) is 13.8 Å². The molecule has 0 saturated carbocycles. The molecule has 0 atom stereocenters. The molecular weight excluding hydrogens is 512 g/mol. The predicted molar refractivity (Wildman–Crippen MR) is 149 cm³/mol. The van der Waals surface area contributed by atoms with E-state index >= 15 is 0 Å². The molecule has 3 aromatic carbocycles. The van der Waals surface area contributed by atoms with Gasteiger partial charge in [0.25, 0.3) is 5.91 Å². The summed E-state index contributed by atoms with van der Waals surface area (Å²) >= 11 is 3.49. The van der Waals surface area contributed by atoms with Gasteiger partial charge >= 0.3 is 0 Å². The average Bonchev–Trinajstić information content (AvgIpc) is 3.17. The summed E-state index contributed by atoms with van der Waals surface area (Å²) in [5.41, 5.74) is 11.6. The number of hydrogen-bond donors (Lipinski definition) is 1. The summed E-state index contributed by atoms with van der Waals surface area (Å²) < 4.78 is 3.22. The fourth-order valence-corrected chi connectivity index (χ4v) is 5.10. The number of benzene rings is 3. The van der Waals surface area contributed by atoms with Gasteiger partial charge in [0.15, 0.2) is 0 Å². The number of aryl methyl sites for hydroxylation is 1. The van der Waals surface area contributed by atoms with Crippen molar-refractivity contribution in [1.82, 2.24) is 14.9 Å². The Hall–Kier alpha value is -3.48. The van der Waals surface area contributed by atoms with Crippen molar-refractivity contribution in [3.05, 3.63) is 123 Å². The van der Waals surface area contributed by atoms with Gasteiger partial charge in [0.1, 0.15) is 0 Å². The Labute approximate surface area is 220 Å². The summed E-state index contributed by atoms with van der Waals surface area (Å²) in [6.45, 7) is 7.02. The number of amides is 1. The second-order valence-electron chi connectivity index (χ2n) is 9.26. The zero-order valence-electron chi connectivity index (χ0n) is 20.5. The molecule has 36 heavy (non-hydrogen) atoms. The molecule has 1 N–H and O–H groups in total. The van der Waals surface area contributed by atoms with Crippen LogP contribution in [0.4, 0.5) is 0 Å². The van der Waals surface area contributed by atoms with E-state index in [4.69, 9.17) is 0 Å². The number of carbonyl (C=O) groups is 1. The largest absolute Gasteiger partial charge is 0.318 e. The molecule has 0 fully saturated rings. The third kappa shape index (κ3) is 5.35. The molecule has 0 radical (unpaired) electrons. The summed E-state index contributed by atoms with van der Waals surface area (Å²) in [6, 6.07) is 26.7. The van der Waals surface area contributed by atoms with Crippen molar-refractivity contribution in [2.75, 3.05) is 6.54 Å². The van der Waals surface area contributed by atoms with E-state index in [1.165, 1.54) is 16.7 Å². The standard InChI is InChI=1S/C30H29BrN4O/c1-21-17-27(22(2)35(21)29-13-11-28(31)12-14-29)18-32-33-30(36)25-9-7-23(8-10-25)19-34-16-15-24-5-3-4-6-26(24)20-34/h3-14,17-18H,15-16,19-20H2,1-2H3,(H,33,36)/b32-18+. The lowest BCUT2D eigenvalue weighted by Gasteiger charge is -2.28. The highest BCUT2D eigenvalue weighted by Crippen LogP contribution is 2.22. The van der Waals surface area contributed by atoms with Crippen molar-refractivity contribution in [2.45, 2.75) is 33.4 Å². The molecule has 1 aliphatic heterocycles. The first kappa shape index (κ1) is 24.2. The van der Waals surface area contributed by atoms with Gasteiger partial charge in [-0.2, -0.15) is 5.10 Å². The molecule has 1 amide bonds. The number of halogens is 1. The second kappa shape index (κ2) is 10.6. The Balaban J connectivity index is 1.19. The third-order valence-electron chi connectivity index (χ3n) is 6.76. The van der Waals surface area contributed by atoms with Crippen LogP contribution in [0.3, 0.4) is 0 Å². The number of aromatic nitrogens is 1. The maximum Gasteiger partial charge on any atom is 0.271 e. The molecule has 0 saturated heterocycles. The second-order valence-corrected chi connectivity index (χ2v) is 10.2. The highest BCUT2D eigenvalue weighted by Gasteiger charge is 2.16. The van der Waals surface area contributed by atoms with Gasteiger partial charge in [-0.25, -0.2) is 5.43 Å². The maximum atomic E-state index is 12.6. The Morgan fingerprint density at radius 3 is 2.47 bits per heavy atom. The molecule has 5 rings (SSSR count). The minimum atomic E-state index is -0.216. The summed E-state index contributed by atoms with van der Waals surface area (Å²) in [6.07, 6.45) is 2.79. The van der Waals surface area contributed by atoms with E-state index in [2.05, 4.69) is 92.2 Å². The van der Waals surface area contributed by atoms with Gasteiger partial charge < -0.3 is 4.57 Å². The molecule has 0 aliphatic carbocycles. The van der Waals surface area contributed by atoms with Crippen molar-refractivity contribution in [2.24, 2.45) is 5.10 Å². The fourth-order valence-electron chi connectivity index (χ4n) is 4.84. The molecular formula is C30H29BrN4O. The van der Waals surface area contributed by atoms with Crippen LogP contribution in [0.25, 0.3) is 5.69 Å². The topological polar surface area (TPSA) is 49.6 Å². The van der Waals surface area contributed by atoms with Gasteiger partial charge in [-0.1, -0.05) is 52.3 Å². The lowest BCUT2D eigenvalue weighted by atomic mass is 9.99. The van der Waals surface area contributed by atoms with E-state index < -0.39 is 0 Å². The van der Waals surface area contributed by atoms with Crippen LogP contribution in [0.1, 0.15) is 44.0 Å². The number of fused-ring (bicyclic) bond motifs is 1. The number of hydrazone groups is 1. The molecule has 4 aromatic rings. The van der Waals surface area contributed by atoms with E-state index in [0.29, 0.717) is 5.56 Å². The van der Waals surface area contributed by atoms with Crippen LogP contribution in [-0.2, 0) is 19.5 Å². The molecule has 0 spiro atoms. The van der Waals surface area contributed by atoms with E-state index in [1.807, 2.05) is 36.4 Å². The number of nitrogens with zero attached hydrogens (tertiary/aromatic N) is 3. The van der Waals surface area contributed by atoms with Gasteiger partial charge in [-0.3, -0.25) is 9.69 Å². The van der Waals surface area contributed by atoms with Crippen LogP contribution in [0.15, 0.2) is 88.4 Å². The normalized spacial score (nSPS) is 13.6. The third-order valence-corrected chi connectivity index (χ3v) is 7.29. The monoisotopic (exact) mass is 540 g/mol. The Morgan fingerprint density at radius 1 is 1.00 bits per heavy atom. The van der Waals surface area contributed by atoms with Crippen molar-refractivity contribution < 1.29 is 4.79 Å². The summed E-state index contributed by atoms with van der Waals surface area (Å²) in [4.78, 5) is 15.1. The highest BCUT2D eigenvalue weighted by molar-refractivity contribution is 9.10. The van der Waals surface area contributed by atoms with Crippen LogP contribution >= 0.6 is 15.9 Å². The van der Waals surface area contributed by atoms with Gasteiger partial charge in [-0.15, -0.1) is 0 Å². The number of nitrogens with one attached hydrogen (secondary N) is 1. The number of rotatable bonds is 6. The smallest absolute Gasteiger partial charge is 0.271 e. The molecule has 6 heteroatoms. The quantitative estimate of drug-likeness (QED) is 0.234. The van der Waals surface area contributed by atoms with Crippen molar-refractivity contribution >= 4 is 28.1 Å². The molecule has 5 nitrogen and oxygen atoms in total. The molecule has 0 bridgehead atoms. The Morgan fingerprint density at radius 2 is 1.72 bits per heavy atom. The van der Waals surface area contributed by atoms with Crippen LogP contribution < -0.4 is 5.43 Å². The van der Waals surface area contributed by atoms with Crippen molar-refractivity contribution in [3.8, 4) is 5.69 Å². The van der Waals surface area contributed by atoms with Gasteiger partial charge in [0, 0.05) is 52.3 Å². The molecule has 1 aliphatic rings. The molecule has 1 aromatic heterocycles. The first-order valence-corrected chi connectivity index (χ1v) is 12.9. The van der Waals surface area contributed by atoms with Gasteiger partial charge in [0.2, 0.25) is 0 Å². The minimum absolute atomic E-state index is 0.216. The average molecular weight is 541 g/mol. The fraction of sp³-hybridized carbons (Fsp3) is 0.200. The molecule has 182 valence electrons. The first-order chi connectivity index (χ1) is 17.5. The number of hydrogen-bond acceptors (Lipinski definition) is 3. The lowest BCUT2D eigenvalue weighted by Crippen LogP contribution is -2.30. The summed E-state index contributed by atoms with van der Waals surface area (Å²) in [7, 11) is 0. The van der Waals surface area contributed by atoms with E-state index in [0.717, 1.165) is 53.2 Å². The number of carbonyl (C=O) groups excluding carboxylic acids is 1. The van der Waals surface area contributed by atoms with Gasteiger partial charge in [-0.05, 0) is 79.4 Å². The van der Waals surface area contributed by atoms with E-state index in [-0.39, 0.29) is 5.91 Å². The van der Waals surface area contributed by atoms with E-state index in [1.54, 1.807) is 6.21 Å². The lowest BCUT2D eigenvalue weighted by molar-refractivity contribution is 0.0955. The van der Waals surface area contributed by atoms with E-state index in [9.17, 15) is 4.79 Å². The SMILES string of the molecule is Cc1cc(/C=N/NC(=O)c2ccc(CN3CCc4ccccc4C3)cc2)c(C)n1-c1ccc(Br)cc1. The maximum absolute atomic E-state index is 12.6. The van der Waals surface area contributed by atoms with Crippen molar-refractivity contribution in [3.63, 3.8) is 0 Å². The Kier molecular flexibility index (Phi) is 7.16. The first-order valence-electron chi connectivity index (χ1n) is 12.1. The zero-order valence-corrected chi connectivity index (χ0v) is 22.1. The molecule has 0 unspecified atom stereocenters. The van der Waals surface area contributed by atoms with Crippen LogP contribution in [-0.4, -0.2) is 28.1 Å². The predicted octanol–water partition coefficient (Wildman–Crippen LogP) is 6.18. The molecule has 2 heterocycles. The highest BCUT2D eigenvalue weighted by atomic mass is 79.9.